The summed E-state index contributed by atoms with van der Waals surface area (Å²) in [6.07, 6.45) is 8.27. The number of fused-ring (bicyclic) bond motifs is 1. The molecule has 1 saturated carbocycles. The average molecular weight is 178 g/mol. The SMILES string of the molecule is O=CC12CCCCC1=CC(=O)CC2. The molecule has 1 atom stereocenters. The molecule has 2 aliphatic carbocycles. The van der Waals surface area contributed by atoms with Crippen LogP contribution in [-0.4, -0.2) is 12.1 Å². The third-order valence-electron chi connectivity index (χ3n) is 3.34. The molecular formula is C11H14O2. The highest BCUT2D eigenvalue weighted by atomic mass is 16.1. The normalized spacial score (nSPS) is 33.5. The van der Waals surface area contributed by atoms with E-state index < -0.39 is 0 Å². The lowest BCUT2D eigenvalue weighted by Gasteiger charge is -2.37. The van der Waals surface area contributed by atoms with Crippen LogP contribution in [0.25, 0.3) is 0 Å². The second-order valence-electron chi connectivity index (χ2n) is 4.12. The van der Waals surface area contributed by atoms with E-state index in [2.05, 4.69) is 0 Å². The zero-order valence-electron chi connectivity index (χ0n) is 7.71. The topological polar surface area (TPSA) is 34.1 Å². The van der Waals surface area contributed by atoms with Crippen LogP contribution in [0.3, 0.4) is 0 Å². The lowest BCUT2D eigenvalue weighted by molar-refractivity contribution is -0.119. The Kier molecular flexibility index (Phi) is 2.06. The van der Waals surface area contributed by atoms with Gasteiger partial charge in [-0.15, -0.1) is 0 Å². The number of carbonyl (C=O) groups is 2. The van der Waals surface area contributed by atoms with Gasteiger partial charge in [-0.2, -0.15) is 0 Å². The van der Waals surface area contributed by atoms with E-state index in [1.165, 1.54) is 0 Å². The largest absolute Gasteiger partial charge is 0.302 e. The Morgan fingerprint density at radius 1 is 1.23 bits per heavy atom. The quantitative estimate of drug-likeness (QED) is 0.576. The summed E-state index contributed by atoms with van der Waals surface area (Å²) in [5, 5.41) is 0. The van der Waals surface area contributed by atoms with Crippen LogP contribution in [0.2, 0.25) is 0 Å². The molecule has 0 heterocycles. The molecule has 0 saturated heterocycles. The molecule has 0 spiro atoms. The van der Waals surface area contributed by atoms with Crippen molar-refractivity contribution < 1.29 is 9.59 Å². The van der Waals surface area contributed by atoms with Crippen molar-refractivity contribution in [1.29, 1.82) is 0 Å². The summed E-state index contributed by atoms with van der Waals surface area (Å²) in [7, 11) is 0. The van der Waals surface area contributed by atoms with Gasteiger partial charge >= 0.3 is 0 Å². The minimum absolute atomic E-state index is 0.203. The smallest absolute Gasteiger partial charge is 0.155 e. The van der Waals surface area contributed by atoms with Gasteiger partial charge in [0.05, 0.1) is 0 Å². The number of ketones is 1. The zero-order chi connectivity index (χ0) is 9.31. The summed E-state index contributed by atoms with van der Waals surface area (Å²) in [6, 6.07) is 0. The molecule has 13 heavy (non-hydrogen) atoms. The van der Waals surface area contributed by atoms with Gasteiger partial charge in [0.15, 0.2) is 5.78 Å². The molecule has 2 rings (SSSR count). The Bertz CT molecular complexity index is 278. The van der Waals surface area contributed by atoms with Gasteiger partial charge < -0.3 is 4.79 Å². The Morgan fingerprint density at radius 2 is 2.08 bits per heavy atom. The van der Waals surface area contributed by atoms with Gasteiger partial charge in [-0.25, -0.2) is 0 Å². The number of hydrogen-bond acceptors (Lipinski definition) is 2. The molecule has 0 aromatic rings. The molecule has 0 amide bonds. The number of rotatable bonds is 1. The molecule has 1 fully saturated rings. The maximum absolute atomic E-state index is 11.2. The van der Waals surface area contributed by atoms with Crippen molar-refractivity contribution in [3.8, 4) is 0 Å². The maximum atomic E-state index is 11.2. The van der Waals surface area contributed by atoms with Crippen molar-refractivity contribution in [1.82, 2.24) is 0 Å². The minimum atomic E-state index is -0.244. The summed E-state index contributed by atoms with van der Waals surface area (Å²) in [4.78, 5) is 22.3. The third-order valence-corrected chi connectivity index (χ3v) is 3.34. The van der Waals surface area contributed by atoms with E-state index in [0.717, 1.165) is 44.0 Å². The predicted octanol–water partition coefficient (Wildman–Crippen LogP) is 2.04. The van der Waals surface area contributed by atoms with Crippen molar-refractivity contribution in [3.05, 3.63) is 11.6 Å². The fourth-order valence-corrected chi connectivity index (χ4v) is 2.47. The summed E-state index contributed by atoms with van der Waals surface area (Å²) < 4.78 is 0. The summed E-state index contributed by atoms with van der Waals surface area (Å²) in [6.45, 7) is 0. The highest BCUT2D eigenvalue weighted by Crippen LogP contribution is 2.45. The highest BCUT2D eigenvalue weighted by molar-refractivity contribution is 5.93. The van der Waals surface area contributed by atoms with Crippen LogP contribution in [0.1, 0.15) is 38.5 Å². The predicted molar refractivity (Wildman–Crippen MR) is 49.3 cm³/mol. The van der Waals surface area contributed by atoms with Gasteiger partial charge in [-0.3, -0.25) is 4.79 Å². The van der Waals surface area contributed by atoms with Crippen LogP contribution in [0, 0.1) is 5.41 Å². The van der Waals surface area contributed by atoms with Crippen molar-refractivity contribution in [2.45, 2.75) is 38.5 Å². The third kappa shape index (κ3) is 1.34. The standard InChI is InChI=1S/C11H14O2/c12-8-11-5-2-1-3-9(11)7-10(13)4-6-11/h7-8H,1-6H2. The first-order valence-electron chi connectivity index (χ1n) is 4.97. The van der Waals surface area contributed by atoms with Gasteiger partial charge in [-0.1, -0.05) is 12.0 Å². The summed E-state index contributed by atoms with van der Waals surface area (Å²) in [5.41, 5.74) is 0.858. The van der Waals surface area contributed by atoms with E-state index in [9.17, 15) is 9.59 Å². The Labute approximate surface area is 78.0 Å². The lowest BCUT2D eigenvalue weighted by Crippen LogP contribution is -2.32. The van der Waals surface area contributed by atoms with Crippen LogP contribution in [-0.2, 0) is 9.59 Å². The molecule has 2 heteroatoms. The number of carbonyl (C=O) groups excluding carboxylic acids is 2. The Morgan fingerprint density at radius 3 is 2.85 bits per heavy atom. The summed E-state index contributed by atoms with van der Waals surface area (Å²) in [5.74, 6) is 0.203. The molecule has 2 aliphatic rings. The second-order valence-corrected chi connectivity index (χ2v) is 4.12. The lowest BCUT2D eigenvalue weighted by atomic mass is 9.65. The molecule has 0 N–H and O–H groups in total. The Hall–Kier alpha value is -0.920. The van der Waals surface area contributed by atoms with Crippen molar-refractivity contribution in [2.24, 2.45) is 5.41 Å². The molecule has 2 nitrogen and oxygen atoms in total. The van der Waals surface area contributed by atoms with Gasteiger partial charge in [0.25, 0.3) is 0 Å². The van der Waals surface area contributed by atoms with Crippen molar-refractivity contribution >= 4 is 12.1 Å². The maximum Gasteiger partial charge on any atom is 0.155 e. The second kappa shape index (κ2) is 3.09. The number of allylic oxidation sites excluding steroid dienone is 2. The van der Waals surface area contributed by atoms with E-state index in [1.807, 2.05) is 0 Å². The van der Waals surface area contributed by atoms with E-state index in [1.54, 1.807) is 6.08 Å². The first-order chi connectivity index (χ1) is 6.27. The number of aldehydes is 1. The monoisotopic (exact) mass is 178 g/mol. The average Bonchev–Trinajstić information content (AvgIpc) is 2.18. The fourth-order valence-electron chi connectivity index (χ4n) is 2.47. The zero-order valence-corrected chi connectivity index (χ0v) is 7.71. The van der Waals surface area contributed by atoms with Gasteiger partial charge in [0.1, 0.15) is 6.29 Å². The van der Waals surface area contributed by atoms with Gasteiger partial charge in [0, 0.05) is 11.8 Å². The van der Waals surface area contributed by atoms with E-state index >= 15 is 0 Å². The summed E-state index contributed by atoms with van der Waals surface area (Å²) >= 11 is 0. The fraction of sp³-hybridized carbons (Fsp3) is 0.636. The Balaban J connectivity index is 2.35. The van der Waals surface area contributed by atoms with Crippen LogP contribution >= 0.6 is 0 Å². The van der Waals surface area contributed by atoms with Crippen molar-refractivity contribution in [2.75, 3.05) is 0 Å². The van der Waals surface area contributed by atoms with Crippen LogP contribution < -0.4 is 0 Å². The molecule has 0 aliphatic heterocycles. The van der Waals surface area contributed by atoms with E-state index in [0.29, 0.717) is 6.42 Å². The molecule has 0 aromatic carbocycles. The molecular weight excluding hydrogens is 164 g/mol. The molecule has 0 aromatic heterocycles. The first-order valence-corrected chi connectivity index (χ1v) is 4.97. The van der Waals surface area contributed by atoms with Crippen molar-refractivity contribution in [3.63, 3.8) is 0 Å². The van der Waals surface area contributed by atoms with Gasteiger partial charge in [-0.05, 0) is 31.8 Å². The number of hydrogen-bond donors (Lipinski definition) is 0. The van der Waals surface area contributed by atoms with Gasteiger partial charge in [0.2, 0.25) is 0 Å². The van der Waals surface area contributed by atoms with E-state index in [4.69, 9.17) is 0 Å². The highest BCUT2D eigenvalue weighted by Gasteiger charge is 2.38. The first kappa shape index (κ1) is 8.67. The molecule has 0 radical (unpaired) electrons. The minimum Gasteiger partial charge on any atom is -0.302 e. The van der Waals surface area contributed by atoms with Crippen LogP contribution in [0.15, 0.2) is 11.6 Å². The molecule has 1 unspecified atom stereocenters. The van der Waals surface area contributed by atoms with Crippen LogP contribution in [0.4, 0.5) is 0 Å². The molecule has 70 valence electrons. The van der Waals surface area contributed by atoms with E-state index in [-0.39, 0.29) is 11.2 Å². The van der Waals surface area contributed by atoms with Crippen LogP contribution in [0.5, 0.6) is 0 Å². The molecule has 0 bridgehead atoms.